The average Bonchev–Trinajstić information content (AvgIpc) is 2.99. The van der Waals surface area contributed by atoms with Gasteiger partial charge in [0.2, 0.25) is 10.3 Å². The van der Waals surface area contributed by atoms with Crippen LogP contribution in [0.15, 0.2) is 18.2 Å². The van der Waals surface area contributed by atoms with Crippen molar-refractivity contribution in [2.45, 2.75) is 26.7 Å². The normalized spacial score (nSPS) is 17.6. The van der Waals surface area contributed by atoms with Crippen LogP contribution in [0.25, 0.3) is 0 Å². The third kappa shape index (κ3) is 4.00. The Hall–Kier alpha value is -2.22. The summed E-state index contributed by atoms with van der Waals surface area (Å²) in [7, 11) is 0. The van der Waals surface area contributed by atoms with E-state index >= 15 is 0 Å². The highest BCUT2D eigenvalue weighted by Crippen LogP contribution is 2.28. The van der Waals surface area contributed by atoms with Crippen molar-refractivity contribution < 1.29 is 9.18 Å². The Morgan fingerprint density at radius 3 is 2.96 bits per heavy atom. The number of rotatable bonds is 3. The monoisotopic (exact) mass is 349 g/mol. The highest BCUT2D eigenvalue weighted by atomic mass is 32.1. The largest absolute Gasteiger partial charge is 0.346 e. The van der Waals surface area contributed by atoms with Gasteiger partial charge in [0.15, 0.2) is 0 Å². The van der Waals surface area contributed by atoms with Gasteiger partial charge in [-0.15, -0.1) is 10.2 Å². The van der Waals surface area contributed by atoms with Crippen molar-refractivity contribution in [2.24, 2.45) is 5.92 Å². The predicted molar refractivity (Wildman–Crippen MR) is 94.3 cm³/mol. The summed E-state index contributed by atoms with van der Waals surface area (Å²) in [5.41, 5.74) is 0.927. The number of halogens is 1. The summed E-state index contributed by atoms with van der Waals surface area (Å²) < 4.78 is 13.5. The third-order valence-corrected chi connectivity index (χ3v) is 4.89. The first-order valence-corrected chi connectivity index (χ1v) is 8.75. The first-order chi connectivity index (χ1) is 11.5. The molecule has 6 nitrogen and oxygen atoms in total. The molecule has 24 heavy (non-hydrogen) atoms. The standard InChI is InChI=1S/C16H20FN5OS/c1-10-4-3-7-22(9-10)16-21-20-15(24-16)19-14(23)18-12-6-5-11(2)13(17)8-12/h5-6,8,10H,3-4,7,9H2,1-2H3,(H2,18,19,20,23). The van der Waals surface area contributed by atoms with Crippen LogP contribution in [0.5, 0.6) is 0 Å². The van der Waals surface area contributed by atoms with Gasteiger partial charge in [0, 0.05) is 18.8 Å². The summed E-state index contributed by atoms with van der Waals surface area (Å²) in [5.74, 6) is 0.281. The van der Waals surface area contributed by atoms with Crippen molar-refractivity contribution in [1.82, 2.24) is 10.2 Å². The second-order valence-electron chi connectivity index (χ2n) is 6.13. The molecule has 128 valence electrons. The van der Waals surface area contributed by atoms with Gasteiger partial charge < -0.3 is 10.2 Å². The van der Waals surface area contributed by atoms with E-state index in [1.807, 2.05) is 0 Å². The molecule has 0 aliphatic carbocycles. The minimum Gasteiger partial charge on any atom is -0.346 e. The van der Waals surface area contributed by atoms with Crippen LogP contribution < -0.4 is 15.5 Å². The minimum atomic E-state index is -0.465. The van der Waals surface area contributed by atoms with Gasteiger partial charge in [-0.1, -0.05) is 24.3 Å². The number of urea groups is 1. The van der Waals surface area contributed by atoms with Gasteiger partial charge in [-0.2, -0.15) is 0 Å². The number of hydrogen-bond acceptors (Lipinski definition) is 5. The lowest BCUT2D eigenvalue weighted by molar-refractivity contribution is 0.262. The lowest BCUT2D eigenvalue weighted by Gasteiger charge is -2.29. The highest BCUT2D eigenvalue weighted by Gasteiger charge is 2.20. The maximum Gasteiger partial charge on any atom is 0.325 e. The molecule has 3 rings (SSSR count). The number of nitrogens with zero attached hydrogens (tertiary/aromatic N) is 3. The number of benzene rings is 1. The number of carbonyl (C=O) groups is 1. The van der Waals surface area contributed by atoms with E-state index in [1.54, 1.807) is 19.1 Å². The zero-order valence-electron chi connectivity index (χ0n) is 13.7. The molecular formula is C16H20FN5OS. The van der Waals surface area contributed by atoms with Gasteiger partial charge in [-0.05, 0) is 43.4 Å². The van der Waals surface area contributed by atoms with Gasteiger partial charge in [0.05, 0.1) is 0 Å². The molecule has 1 atom stereocenters. The first-order valence-electron chi connectivity index (χ1n) is 7.94. The van der Waals surface area contributed by atoms with E-state index in [1.165, 1.54) is 23.8 Å². The van der Waals surface area contributed by atoms with Crippen molar-refractivity contribution >= 4 is 33.3 Å². The van der Waals surface area contributed by atoms with Crippen LogP contribution in [-0.2, 0) is 0 Å². The Labute approximate surface area is 144 Å². The van der Waals surface area contributed by atoms with Crippen LogP contribution in [0.1, 0.15) is 25.3 Å². The van der Waals surface area contributed by atoms with Crippen molar-refractivity contribution in [2.75, 3.05) is 28.6 Å². The second-order valence-corrected chi connectivity index (χ2v) is 7.08. The van der Waals surface area contributed by atoms with E-state index in [2.05, 4.69) is 32.7 Å². The zero-order valence-corrected chi connectivity index (χ0v) is 14.5. The Morgan fingerprint density at radius 1 is 1.38 bits per heavy atom. The van der Waals surface area contributed by atoms with E-state index in [0.29, 0.717) is 22.3 Å². The Balaban J connectivity index is 1.59. The third-order valence-electron chi connectivity index (χ3n) is 3.99. The number of anilines is 3. The molecule has 2 amide bonds. The van der Waals surface area contributed by atoms with Crippen LogP contribution in [0.4, 0.5) is 25.1 Å². The van der Waals surface area contributed by atoms with E-state index in [0.717, 1.165) is 24.6 Å². The molecule has 1 unspecified atom stereocenters. The molecule has 2 aromatic rings. The summed E-state index contributed by atoms with van der Waals surface area (Å²) in [4.78, 5) is 14.2. The summed E-state index contributed by atoms with van der Waals surface area (Å²) in [5, 5.41) is 14.6. The second kappa shape index (κ2) is 7.12. The fraction of sp³-hybridized carbons (Fsp3) is 0.438. The minimum absolute atomic E-state index is 0.356. The lowest BCUT2D eigenvalue weighted by atomic mass is 10.0. The van der Waals surface area contributed by atoms with E-state index in [9.17, 15) is 9.18 Å². The number of amides is 2. The van der Waals surface area contributed by atoms with Crippen molar-refractivity contribution in [3.05, 3.63) is 29.6 Å². The molecule has 0 spiro atoms. The van der Waals surface area contributed by atoms with Crippen LogP contribution in [0.3, 0.4) is 0 Å². The molecule has 1 aromatic heterocycles. The van der Waals surface area contributed by atoms with Gasteiger partial charge in [-0.25, -0.2) is 9.18 Å². The van der Waals surface area contributed by atoms with Gasteiger partial charge >= 0.3 is 6.03 Å². The Morgan fingerprint density at radius 2 is 2.21 bits per heavy atom. The van der Waals surface area contributed by atoms with Gasteiger partial charge in [0.1, 0.15) is 5.82 Å². The van der Waals surface area contributed by atoms with Crippen LogP contribution in [-0.4, -0.2) is 29.3 Å². The molecule has 1 aliphatic rings. The predicted octanol–water partition coefficient (Wildman–Crippen LogP) is 3.87. The zero-order chi connectivity index (χ0) is 17.1. The number of aryl methyl sites for hydroxylation is 1. The quantitative estimate of drug-likeness (QED) is 0.883. The van der Waals surface area contributed by atoms with Crippen LogP contribution in [0.2, 0.25) is 0 Å². The Kier molecular flexibility index (Phi) is 4.94. The Bertz CT molecular complexity index is 735. The number of piperidine rings is 1. The van der Waals surface area contributed by atoms with E-state index < -0.39 is 6.03 Å². The number of aromatic nitrogens is 2. The summed E-state index contributed by atoms with van der Waals surface area (Å²) in [6.45, 7) is 5.82. The molecule has 1 aliphatic heterocycles. The van der Waals surface area contributed by atoms with Crippen LogP contribution in [0, 0.1) is 18.7 Å². The fourth-order valence-corrected chi connectivity index (χ4v) is 3.46. The SMILES string of the molecule is Cc1ccc(NC(=O)Nc2nnc(N3CCCC(C)C3)s2)cc1F. The average molecular weight is 349 g/mol. The molecule has 1 aromatic carbocycles. The summed E-state index contributed by atoms with van der Waals surface area (Å²) in [6.07, 6.45) is 2.37. The number of carbonyl (C=O) groups excluding carboxylic acids is 1. The lowest BCUT2D eigenvalue weighted by Crippen LogP contribution is -2.34. The van der Waals surface area contributed by atoms with Crippen molar-refractivity contribution in [3.8, 4) is 0 Å². The van der Waals surface area contributed by atoms with Crippen LogP contribution >= 0.6 is 11.3 Å². The molecule has 8 heteroatoms. The summed E-state index contributed by atoms with van der Waals surface area (Å²) >= 11 is 1.34. The molecule has 1 fully saturated rings. The molecule has 0 radical (unpaired) electrons. The smallest absolute Gasteiger partial charge is 0.325 e. The molecule has 0 bridgehead atoms. The van der Waals surface area contributed by atoms with E-state index in [-0.39, 0.29) is 5.82 Å². The molecule has 2 N–H and O–H groups in total. The topological polar surface area (TPSA) is 70.1 Å². The molecule has 0 saturated carbocycles. The summed E-state index contributed by atoms with van der Waals surface area (Å²) in [6, 6.07) is 4.09. The maximum atomic E-state index is 13.5. The molecule has 2 heterocycles. The number of nitrogens with one attached hydrogen (secondary N) is 2. The van der Waals surface area contributed by atoms with E-state index in [4.69, 9.17) is 0 Å². The number of hydrogen-bond donors (Lipinski definition) is 2. The maximum absolute atomic E-state index is 13.5. The van der Waals surface area contributed by atoms with Gasteiger partial charge in [-0.3, -0.25) is 5.32 Å². The van der Waals surface area contributed by atoms with Gasteiger partial charge in [0.25, 0.3) is 0 Å². The molecular weight excluding hydrogens is 329 g/mol. The highest BCUT2D eigenvalue weighted by molar-refractivity contribution is 7.19. The molecule has 1 saturated heterocycles. The first kappa shape index (κ1) is 16.6. The fourth-order valence-electron chi connectivity index (χ4n) is 2.69. The van der Waals surface area contributed by atoms with Crippen molar-refractivity contribution in [3.63, 3.8) is 0 Å². The van der Waals surface area contributed by atoms with Crippen molar-refractivity contribution in [1.29, 1.82) is 0 Å².